The van der Waals surface area contributed by atoms with Gasteiger partial charge in [0, 0.05) is 29.6 Å². The first-order chi connectivity index (χ1) is 8.74. The number of aromatic nitrogens is 1. The van der Waals surface area contributed by atoms with E-state index in [1.807, 2.05) is 18.3 Å². The molecule has 0 aliphatic carbocycles. The van der Waals surface area contributed by atoms with Crippen LogP contribution in [0.2, 0.25) is 0 Å². The van der Waals surface area contributed by atoms with Crippen molar-refractivity contribution in [3.8, 4) is 11.5 Å². The monoisotopic (exact) mass is 245 g/mol. The van der Waals surface area contributed by atoms with E-state index in [1.165, 1.54) is 0 Å². The molecule has 94 valence electrons. The zero-order valence-corrected chi connectivity index (χ0v) is 10.3. The molecule has 0 unspecified atom stereocenters. The van der Waals surface area contributed by atoms with Gasteiger partial charge in [-0.2, -0.15) is 0 Å². The van der Waals surface area contributed by atoms with Gasteiger partial charge < -0.3 is 19.3 Å². The number of carbonyl (C=O) groups is 1. The lowest BCUT2D eigenvalue weighted by Crippen LogP contribution is -2.15. The predicted molar refractivity (Wildman–Crippen MR) is 68.3 cm³/mol. The van der Waals surface area contributed by atoms with Gasteiger partial charge in [-0.3, -0.25) is 0 Å². The molecule has 0 saturated carbocycles. The van der Waals surface area contributed by atoms with Crippen LogP contribution < -0.4 is 9.47 Å². The second-order valence-electron chi connectivity index (χ2n) is 4.56. The van der Waals surface area contributed by atoms with Crippen molar-refractivity contribution < 1.29 is 14.3 Å². The fourth-order valence-corrected chi connectivity index (χ4v) is 2.23. The normalized spacial score (nSPS) is 13.8. The molecule has 0 radical (unpaired) electrons. The average Bonchev–Trinajstić information content (AvgIpc) is 2.76. The quantitative estimate of drug-likeness (QED) is 0.903. The number of aromatic amines is 1. The third kappa shape index (κ3) is 1.94. The summed E-state index contributed by atoms with van der Waals surface area (Å²) < 4.78 is 11.1. The molecule has 0 atom stereocenters. The first-order valence-corrected chi connectivity index (χ1v) is 6.13. The summed E-state index contributed by atoms with van der Waals surface area (Å²) in [5.74, 6) is 1.79. The Hall–Kier alpha value is -1.97. The Morgan fingerprint density at radius 3 is 2.72 bits per heavy atom. The summed E-state index contributed by atoms with van der Waals surface area (Å²) in [4.78, 5) is 14.3. The molecule has 2 aromatic rings. The standard InChI is InChI=1S/C14H15NO3/c1-9(16)2-3-10-8-15-12-7-14-13(6-11(10)12)17-4-5-18-14/h6-8,15H,2-5H2,1H3. The number of H-pyrrole nitrogens is 1. The number of ketones is 1. The third-order valence-electron chi connectivity index (χ3n) is 3.18. The van der Waals surface area contributed by atoms with E-state index in [9.17, 15) is 4.79 Å². The van der Waals surface area contributed by atoms with Crippen LogP contribution in [0.1, 0.15) is 18.9 Å². The number of hydrogen-bond donors (Lipinski definition) is 1. The van der Waals surface area contributed by atoms with Crippen LogP contribution in [-0.4, -0.2) is 24.0 Å². The third-order valence-corrected chi connectivity index (χ3v) is 3.18. The van der Waals surface area contributed by atoms with Gasteiger partial charge in [-0.1, -0.05) is 0 Å². The van der Waals surface area contributed by atoms with Crippen molar-refractivity contribution in [2.24, 2.45) is 0 Å². The summed E-state index contributed by atoms with van der Waals surface area (Å²) in [6.07, 6.45) is 3.29. The Bertz CT molecular complexity index is 600. The molecule has 3 rings (SSSR count). The minimum atomic E-state index is 0.210. The molecular weight excluding hydrogens is 230 g/mol. The maximum Gasteiger partial charge on any atom is 0.163 e. The zero-order valence-electron chi connectivity index (χ0n) is 10.3. The van der Waals surface area contributed by atoms with Crippen LogP contribution in [0.5, 0.6) is 11.5 Å². The first kappa shape index (κ1) is 11.1. The van der Waals surface area contributed by atoms with Crippen molar-refractivity contribution >= 4 is 16.7 Å². The highest BCUT2D eigenvalue weighted by Crippen LogP contribution is 2.35. The molecule has 1 aromatic heterocycles. The maximum atomic E-state index is 11.1. The summed E-state index contributed by atoms with van der Waals surface area (Å²) in [7, 11) is 0. The Labute approximate surface area is 105 Å². The van der Waals surface area contributed by atoms with Gasteiger partial charge in [-0.25, -0.2) is 0 Å². The molecule has 1 N–H and O–H groups in total. The number of nitrogens with one attached hydrogen (secondary N) is 1. The number of fused-ring (bicyclic) bond motifs is 2. The van der Waals surface area contributed by atoms with E-state index in [1.54, 1.807) is 6.92 Å². The summed E-state index contributed by atoms with van der Waals surface area (Å²) in [5.41, 5.74) is 2.18. The molecule has 0 spiro atoms. The summed E-state index contributed by atoms with van der Waals surface area (Å²) in [6, 6.07) is 3.96. The second kappa shape index (κ2) is 4.37. The molecule has 0 fully saturated rings. The van der Waals surface area contributed by atoms with Gasteiger partial charge in [-0.15, -0.1) is 0 Å². The molecule has 18 heavy (non-hydrogen) atoms. The average molecular weight is 245 g/mol. The van der Waals surface area contributed by atoms with E-state index in [0.717, 1.165) is 34.4 Å². The first-order valence-electron chi connectivity index (χ1n) is 6.13. The molecular formula is C14H15NO3. The maximum absolute atomic E-state index is 11.1. The highest BCUT2D eigenvalue weighted by Gasteiger charge is 2.15. The van der Waals surface area contributed by atoms with Gasteiger partial charge in [-0.05, 0) is 25.0 Å². The van der Waals surface area contributed by atoms with Crippen LogP contribution in [0.3, 0.4) is 0 Å². The summed E-state index contributed by atoms with van der Waals surface area (Å²) >= 11 is 0. The van der Waals surface area contributed by atoms with Gasteiger partial charge in [0.25, 0.3) is 0 Å². The van der Waals surface area contributed by atoms with Gasteiger partial charge in [0.15, 0.2) is 11.5 Å². The second-order valence-corrected chi connectivity index (χ2v) is 4.56. The van der Waals surface area contributed by atoms with Crippen LogP contribution in [0.15, 0.2) is 18.3 Å². The van der Waals surface area contributed by atoms with Crippen LogP contribution >= 0.6 is 0 Å². The summed E-state index contributed by atoms with van der Waals surface area (Å²) in [6.45, 7) is 2.80. The fraction of sp³-hybridized carbons (Fsp3) is 0.357. The largest absolute Gasteiger partial charge is 0.486 e. The van der Waals surface area contributed by atoms with E-state index in [4.69, 9.17) is 9.47 Å². The number of aryl methyl sites for hydroxylation is 1. The zero-order chi connectivity index (χ0) is 12.5. The van der Waals surface area contributed by atoms with Crippen molar-refractivity contribution in [1.29, 1.82) is 0 Å². The molecule has 4 heteroatoms. The molecule has 1 aliphatic heterocycles. The van der Waals surface area contributed by atoms with E-state index in [-0.39, 0.29) is 5.78 Å². The number of rotatable bonds is 3. The van der Waals surface area contributed by atoms with E-state index in [2.05, 4.69) is 4.98 Å². The molecule has 0 amide bonds. The highest BCUT2D eigenvalue weighted by molar-refractivity contribution is 5.87. The van der Waals surface area contributed by atoms with Gasteiger partial charge >= 0.3 is 0 Å². The van der Waals surface area contributed by atoms with Crippen molar-refractivity contribution in [2.75, 3.05) is 13.2 Å². The van der Waals surface area contributed by atoms with Gasteiger partial charge in [0.05, 0.1) is 0 Å². The van der Waals surface area contributed by atoms with Crippen LogP contribution in [0.4, 0.5) is 0 Å². The topological polar surface area (TPSA) is 51.3 Å². The molecule has 0 bridgehead atoms. The fourth-order valence-electron chi connectivity index (χ4n) is 2.23. The molecule has 4 nitrogen and oxygen atoms in total. The van der Waals surface area contributed by atoms with Crippen molar-refractivity contribution in [3.63, 3.8) is 0 Å². The molecule has 0 saturated heterocycles. The van der Waals surface area contributed by atoms with E-state index >= 15 is 0 Å². The minimum Gasteiger partial charge on any atom is -0.486 e. The van der Waals surface area contributed by atoms with Crippen molar-refractivity contribution in [1.82, 2.24) is 4.98 Å². The van der Waals surface area contributed by atoms with Gasteiger partial charge in [0.1, 0.15) is 19.0 Å². The van der Waals surface area contributed by atoms with E-state index < -0.39 is 0 Å². The number of carbonyl (C=O) groups excluding carboxylic acids is 1. The van der Waals surface area contributed by atoms with Crippen LogP contribution in [0.25, 0.3) is 10.9 Å². The molecule has 1 aliphatic rings. The van der Waals surface area contributed by atoms with Crippen LogP contribution in [-0.2, 0) is 11.2 Å². The number of benzene rings is 1. The van der Waals surface area contributed by atoms with E-state index in [0.29, 0.717) is 19.6 Å². The lowest BCUT2D eigenvalue weighted by atomic mass is 10.1. The highest BCUT2D eigenvalue weighted by atomic mass is 16.6. The van der Waals surface area contributed by atoms with Gasteiger partial charge in [0.2, 0.25) is 0 Å². The summed E-state index contributed by atoms with van der Waals surface area (Å²) in [5, 5.41) is 1.11. The lowest BCUT2D eigenvalue weighted by Gasteiger charge is -2.18. The SMILES string of the molecule is CC(=O)CCc1c[nH]c2cc3c(cc12)OCCO3. The molecule has 2 heterocycles. The molecule has 1 aromatic carbocycles. The Morgan fingerprint density at radius 2 is 2.00 bits per heavy atom. The van der Waals surface area contributed by atoms with Crippen LogP contribution in [0, 0.1) is 0 Å². The Morgan fingerprint density at radius 1 is 1.28 bits per heavy atom. The lowest BCUT2D eigenvalue weighted by molar-refractivity contribution is -0.116. The number of ether oxygens (including phenoxy) is 2. The smallest absolute Gasteiger partial charge is 0.163 e. The van der Waals surface area contributed by atoms with Crippen molar-refractivity contribution in [3.05, 3.63) is 23.9 Å². The van der Waals surface area contributed by atoms with Crippen molar-refractivity contribution in [2.45, 2.75) is 19.8 Å². The Balaban J connectivity index is 1.99. The number of Topliss-reactive ketones (excluding diaryl/α,β-unsaturated/α-hetero) is 1. The number of hydrogen-bond acceptors (Lipinski definition) is 3. The predicted octanol–water partition coefficient (Wildman–Crippen LogP) is 2.46. The Kier molecular flexibility index (Phi) is 2.70. The minimum absolute atomic E-state index is 0.210.